The summed E-state index contributed by atoms with van der Waals surface area (Å²) < 4.78 is 0.817. The van der Waals surface area contributed by atoms with E-state index in [4.69, 9.17) is 5.11 Å². The third-order valence-corrected chi connectivity index (χ3v) is 2.94. The van der Waals surface area contributed by atoms with Crippen LogP contribution in [0.25, 0.3) is 10.1 Å². The molecule has 0 radical (unpaired) electrons. The Hall–Kier alpha value is -1.26. The van der Waals surface area contributed by atoms with Gasteiger partial charge < -0.3 is 15.3 Å². The molecule has 0 unspecified atom stereocenters. The van der Waals surface area contributed by atoms with Crippen molar-refractivity contribution in [3.05, 3.63) is 23.1 Å². The molecule has 4 heteroatoms. The van der Waals surface area contributed by atoms with Gasteiger partial charge in [-0.25, -0.2) is 0 Å². The van der Waals surface area contributed by atoms with Crippen LogP contribution in [0, 0.1) is 0 Å². The first kappa shape index (κ1) is 8.34. The average Bonchev–Trinajstić information content (AvgIpc) is 2.47. The number of hydrogen-bond acceptors (Lipinski definition) is 4. The van der Waals surface area contributed by atoms with Gasteiger partial charge in [0.25, 0.3) is 0 Å². The fourth-order valence-electron chi connectivity index (χ4n) is 1.30. The van der Waals surface area contributed by atoms with E-state index in [-0.39, 0.29) is 18.1 Å². The summed E-state index contributed by atoms with van der Waals surface area (Å²) in [4.78, 5) is 0. The SMILES string of the molecule is OCc1cc(O)cc2c(O)csc12. The van der Waals surface area contributed by atoms with E-state index in [1.165, 1.54) is 23.5 Å². The van der Waals surface area contributed by atoms with Gasteiger partial charge >= 0.3 is 0 Å². The molecule has 68 valence electrons. The molecule has 0 atom stereocenters. The molecule has 0 aliphatic carbocycles. The lowest BCUT2D eigenvalue weighted by molar-refractivity contribution is 0.283. The maximum Gasteiger partial charge on any atom is 0.134 e. The molecule has 0 saturated carbocycles. The van der Waals surface area contributed by atoms with Crippen LogP contribution >= 0.6 is 11.3 Å². The van der Waals surface area contributed by atoms with Crippen LogP contribution in [0.3, 0.4) is 0 Å². The predicted octanol–water partition coefficient (Wildman–Crippen LogP) is 1.80. The Labute approximate surface area is 78.5 Å². The van der Waals surface area contributed by atoms with Gasteiger partial charge in [-0.05, 0) is 17.7 Å². The normalized spacial score (nSPS) is 10.8. The molecule has 0 spiro atoms. The predicted molar refractivity (Wildman–Crippen MR) is 51.1 cm³/mol. The number of aliphatic hydroxyl groups is 1. The van der Waals surface area contributed by atoms with Crippen molar-refractivity contribution >= 4 is 21.4 Å². The van der Waals surface area contributed by atoms with E-state index >= 15 is 0 Å². The molecule has 2 aromatic rings. The zero-order chi connectivity index (χ0) is 9.42. The minimum Gasteiger partial charge on any atom is -0.508 e. The van der Waals surface area contributed by atoms with Crippen LogP contribution in [0.15, 0.2) is 17.5 Å². The molecule has 3 nitrogen and oxygen atoms in total. The Balaban J connectivity index is 2.84. The summed E-state index contributed by atoms with van der Waals surface area (Å²) in [6, 6.07) is 2.98. The average molecular weight is 196 g/mol. The molecule has 0 fully saturated rings. The summed E-state index contributed by atoms with van der Waals surface area (Å²) >= 11 is 1.35. The molecule has 1 aromatic carbocycles. The van der Waals surface area contributed by atoms with Crippen LogP contribution in [-0.2, 0) is 6.61 Å². The molecule has 3 N–H and O–H groups in total. The molecule has 0 aliphatic heterocycles. The summed E-state index contributed by atoms with van der Waals surface area (Å²) in [5.41, 5.74) is 0.639. The molecule has 0 bridgehead atoms. The molecular weight excluding hydrogens is 188 g/mol. The first-order chi connectivity index (χ1) is 6.22. The highest BCUT2D eigenvalue weighted by Gasteiger charge is 2.08. The zero-order valence-electron chi connectivity index (χ0n) is 6.69. The Morgan fingerprint density at radius 1 is 1.23 bits per heavy atom. The van der Waals surface area contributed by atoms with Gasteiger partial charge in [0.05, 0.1) is 6.61 Å². The number of rotatable bonds is 1. The molecule has 0 aliphatic rings. The van der Waals surface area contributed by atoms with E-state index in [0.29, 0.717) is 10.9 Å². The van der Waals surface area contributed by atoms with E-state index in [2.05, 4.69) is 0 Å². The largest absolute Gasteiger partial charge is 0.508 e. The number of phenols is 1. The molecule has 0 saturated heterocycles. The van der Waals surface area contributed by atoms with Gasteiger partial charge in [-0.15, -0.1) is 11.3 Å². The zero-order valence-corrected chi connectivity index (χ0v) is 7.51. The van der Waals surface area contributed by atoms with Crippen LogP contribution in [0.2, 0.25) is 0 Å². The van der Waals surface area contributed by atoms with Crippen LogP contribution in [0.5, 0.6) is 11.5 Å². The number of benzene rings is 1. The highest BCUT2D eigenvalue weighted by molar-refractivity contribution is 7.17. The highest BCUT2D eigenvalue weighted by Crippen LogP contribution is 2.36. The van der Waals surface area contributed by atoms with Crippen molar-refractivity contribution in [1.82, 2.24) is 0 Å². The topological polar surface area (TPSA) is 60.7 Å². The summed E-state index contributed by atoms with van der Waals surface area (Å²) in [6.07, 6.45) is 0. The smallest absolute Gasteiger partial charge is 0.134 e. The first-order valence-corrected chi connectivity index (χ1v) is 4.63. The second kappa shape index (κ2) is 2.90. The van der Waals surface area contributed by atoms with E-state index in [1.54, 1.807) is 5.38 Å². The van der Waals surface area contributed by atoms with Gasteiger partial charge in [-0.3, -0.25) is 0 Å². The third kappa shape index (κ3) is 1.24. The van der Waals surface area contributed by atoms with Crippen LogP contribution in [0.4, 0.5) is 0 Å². The molecule has 1 heterocycles. The number of fused-ring (bicyclic) bond motifs is 1. The maximum absolute atomic E-state index is 9.37. The molecule has 2 rings (SSSR count). The van der Waals surface area contributed by atoms with Crippen LogP contribution in [0.1, 0.15) is 5.56 Å². The standard InChI is InChI=1S/C9H8O3S/c10-3-5-1-6(11)2-7-8(12)4-13-9(5)7/h1-2,4,10-12H,3H2. The molecule has 1 aromatic heterocycles. The number of thiophene rings is 1. The fourth-order valence-corrected chi connectivity index (χ4v) is 2.22. The monoisotopic (exact) mass is 196 g/mol. The fraction of sp³-hybridized carbons (Fsp3) is 0.111. The second-order valence-corrected chi connectivity index (χ2v) is 3.64. The molecular formula is C9H8O3S. The van der Waals surface area contributed by atoms with Gasteiger partial charge in [-0.2, -0.15) is 0 Å². The molecule has 0 amide bonds. The van der Waals surface area contributed by atoms with Crippen LogP contribution < -0.4 is 0 Å². The number of phenolic OH excluding ortho intramolecular Hbond substituents is 1. The minimum absolute atomic E-state index is 0.0604. The van der Waals surface area contributed by atoms with Crippen molar-refractivity contribution in [2.75, 3.05) is 0 Å². The maximum atomic E-state index is 9.37. The van der Waals surface area contributed by atoms with Crippen molar-refractivity contribution in [3.8, 4) is 11.5 Å². The van der Waals surface area contributed by atoms with E-state index < -0.39 is 0 Å². The summed E-state index contributed by atoms with van der Waals surface area (Å²) in [7, 11) is 0. The van der Waals surface area contributed by atoms with Crippen molar-refractivity contribution in [2.45, 2.75) is 6.61 Å². The number of hydrogen-bond donors (Lipinski definition) is 3. The van der Waals surface area contributed by atoms with E-state index in [9.17, 15) is 10.2 Å². The summed E-state index contributed by atoms with van der Waals surface area (Å²) in [5, 5.41) is 29.8. The van der Waals surface area contributed by atoms with Crippen molar-refractivity contribution in [1.29, 1.82) is 0 Å². The lowest BCUT2D eigenvalue weighted by Gasteiger charge is -2.00. The first-order valence-electron chi connectivity index (χ1n) is 3.75. The van der Waals surface area contributed by atoms with Crippen LogP contribution in [-0.4, -0.2) is 15.3 Å². The van der Waals surface area contributed by atoms with Crippen molar-refractivity contribution in [2.24, 2.45) is 0 Å². The Bertz CT molecular complexity index is 447. The van der Waals surface area contributed by atoms with Crippen molar-refractivity contribution in [3.63, 3.8) is 0 Å². The lowest BCUT2D eigenvalue weighted by Crippen LogP contribution is -1.82. The summed E-state index contributed by atoms with van der Waals surface area (Å²) in [5.74, 6) is 0.204. The minimum atomic E-state index is -0.134. The van der Waals surface area contributed by atoms with Gasteiger partial charge in [0.1, 0.15) is 11.5 Å². The Morgan fingerprint density at radius 2 is 2.00 bits per heavy atom. The van der Waals surface area contributed by atoms with Crippen molar-refractivity contribution < 1.29 is 15.3 Å². The molecule has 13 heavy (non-hydrogen) atoms. The Kier molecular flexibility index (Phi) is 1.86. The van der Waals surface area contributed by atoms with Gasteiger partial charge in [-0.1, -0.05) is 0 Å². The highest BCUT2D eigenvalue weighted by atomic mass is 32.1. The number of aromatic hydroxyl groups is 2. The van der Waals surface area contributed by atoms with E-state index in [1.807, 2.05) is 0 Å². The quantitative estimate of drug-likeness (QED) is 0.651. The lowest BCUT2D eigenvalue weighted by atomic mass is 10.1. The summed E-state index contributed by atoms with van der Waals surface area (Å²) in [6.45, 7) is -0.134. The van der Waals surface area contributed by atoms with Gasteiger partial charge in [0.2, 0.25) is 0 Å². The van der Waals surface area contributed by atoms with Gasteiger partial charge in [0, 0.05) is 15.5 Å². The Morgan fingerprint density at radius 3 is 2.69 bits per heavy atom. The second-order valence-electron chi connectivity index (χ2n) is 2.76. The van der Waals surface area contributed by atoms with Gasteiger partial charge in [0.15, 0.2) is 0 Å². The van der Waals surface area contributed by atoms with E-state index in [0.717, 1.165) is 4.70 Å². The number of aliphatic hydroxyl groups excluding tert-OH is 1. The third-order valence-electron chi connectivity index (χ3n) is 1.89.